The van der Waals surface area contributed by atoms with Crippen LogP contribution in [0.4, 0.5) is 0 Å². The maximum absolute atomic E-state index is 4.92. The van der Waals surface area contributed by atoms with Gasteiger partial charge in [-0.2, -0.15) is 0 Å². The molecule has 0 bridgehead atoms. The maximum Gasteiger partial charge on any atom is 0.193 e. The molecular weight excluding hydrogens is 314 g/mol. The lowest BCUT2D eigenvalue weighted by atomic mass is 9.86. The molecule has 1 aromatic heterocycles. The summed E-state index contributed by atoms with van der Waals surface area (Å²) in [6.45, 7) is 6.02. The molecule has 1 saturated heterocycles. The van der Waals surface area contributed by atoms with E-state index in [1.165, 1.54) is 44.9 Å². The average Bonchev–Trinajstić information content (AvgIpc) is 3.17. The van der Waals surface area contributed by atoms with Gasteiger partial charge in [0, 0.05) is 52.4 Å². The van der Waals surface area contributed by atoms with Crippen molar-refractivity contribution in [3.05, 3.63) is 18.0 Å². The molecule has 0 spiro atoms. The topological polar surface area (TPSA) is 56.9 Å². The first-order valence-electron chi connectivity index (χ1n) is 9.92. The highest BCUT2D eigenvalue weighted by atomic mass is 16.5. The largest absolute Gasteiger partial charge is 0.364 e. The fourth-order valence-corrected chi connectivity index (χ4v) is 4.07. The minimum absolute atomic E-state index is 0.873. The van der Waals surface area contributed by atoms with Crippen LogP contribution in [0.15, 0.2) is 21.8 Å². The van der Waals surface area contributed by atoms with Crippen molar-refractivity contribution in [1.82, 2.24) is 20.3 Å². The van der Waals surface area contributed by atoms with Crippen LogP contribution in [-0.2, 0) is 6.54 Å². The van der Waals surface area contributed by atoms with Gasteiger partial charge in [-0.15, -0.1) is 0 Å². The number of rotatable bonds is 6. The van der Waals surface area contributed by atoms with Crippen molar-refractivity contribution >= 4 is 5.96 Å². The van der Waals surface area contributed by atoms with E-state index in [2.05, 4.69) is 25.3 Å². The first-order chi connectivity index (χ1) is 12.3. The lowest BCUT2D eigenvalue weighted by Gasteiger charge is -2.36. The summed E-state index contributed by atoms with van der Waals surface area (Å²) < 4.78 is 4.92. The third kappa shape index (κ3) is 5.73. The van der Waals surface area contributed by atoms with Gasteiger partial charge in [-0.1, -0.05) is 37.3 Å². The van der Waals surface area contributed by atoms with E-state index in [0.717, 1.165) is 56.8 Å². The molecule has 1 aliphatic heterocycles. The second kappa shape index (κ2) is 9.80. The number of guanidine groups is 1. The van der Waals surface area contributed by atoms with Gasteiger partial charge in [0.25, 0.3) is 0 Å². The summed E-state index contributed by atoms with van der Waals surface area (Å²) in [6, 6.07) is 1.94. The van der Waals surface area contributed by atoms with Gasteiger partial charge in [-0.3, -0.25) is 9.89 Å². The Morgan fingerprint density at radius 2 is 2.04 bits per heavy atom. The molecule has 2 fully saturated rings. The Hall–Kier alpha value is -1.56. The van der Waals surface area contributed by atoms with E-state index >= 15 is 0 Å². The predicted octanol–water partition coefficient (Wildman–Crippen LogP) is 2.73. The van der Waals surface area contributed by atoms with Crippen molar-refractivity contribution < 1.29 is 4.52 Å². The number of piperazine rings is 1. The van der Waals surface area contributed by atoms with Crippen LogP contribution >= 0.6 is 0 Å². The van der Waals surface area contributed by atoms with E-state index in [0.29, 0.717) is 0 Å². The zero-order valence-electron chi connectivity index (χ0n) is 15.6. The molecule has 6 heteroatoms. The Balaban J connectivity index is 1.33. The normalized spacial score (nSPS) is 20.8. The second-order valence-corrected chi connectivity index (χ2v) is 7.37. The molecule has 0 amide bonds. The minimum atomic E-state index is 0.873. The summed E-state index contributed by atoms with van der Waals surface area (Å²) >= 11 is 0. The van der Waals surface area contributed by atoms with Gasteiger partial charge >= 0.3 is 0 Å². The van der Waals surface area contributed by atoms with Crippen LogP contribution < -0.4 is 5.32 Å². The van der Waals surface area contributed by atoms with Crippen LogP contribution in [0, 0.1) is 5.92 Å². The summed E-state index contributed by atoms with van der Waals surface area (Å²) in [5.41, 5.74) is 1.01. The highest BCUT2D eigenvalue weighted by Crippen LogP contribution is 2.26. The fourth-order valence-electron chi connectivity index (χ4n) is 4.07. The molecule has 1 aliphatic carbocycles. The third-order valence-electron chi connectivity index (χ3n) is 5.56. The van der Waals surface area contributed by atoms with E-state index in [9.17, 15) is 0 Å². The highest BCUT2D eigenvalue weighted by Gasteiger charge is 2.20. The molecule has 6 nitrogen and oxygen atoms in total. The Morgan fingerprint density at radius 1 is 1.24 bits per heavy atom. The smallest absolute Gasteiger partial charge is 0.193 e. The second-order valence-electron chi connectivity index (χ2n) is 7.37. The molecule has 0 atom stereocenters. The molecular formula is C19H33N5O. The molecule has 0 radical (unpaired) electrons. The van der Waals surface area contributed by atoms with Crippen molar-refractivity contribution in [1.29, 1.82) is 0 Å². The zero-order chi connectivity index (χ0) is 17.3. The molecule has 25 heavy (non-hydrogen) atoms. The van der Waals surface area contributed by atoms with Crippen molar-refractivity contribution in [3.63, 3.8) is 0 Å². The molecule has 140 valence electrons. The standard InChI is InChI=1S/C19H33N5O/c1-20-19(21-10-5-8-17-6-3-2-4-7-17)24-13-11-23(12-14-24)16-18-9-15-25-22-18/h9,15,17H,2-8,10-14,16H2,1H3,(H,20,21). The first-order valence-corrected chi connectivity index (χ1v) is 9.92. The van der Waals surface area contributed by atoms with Crippen molar-refractivity contribution in [2.24, 2.45) is 10.9 Å². The van der Waals surface area contributed by atoms with Crippen molar-refractivity contribution in [2.45, 2.75) is 51.5 Å². The Labute approximate surface area is 151 Å². The zero-order valence-corrected chi connectivity index (χ0v) is 15.6. The van der Waals surface area contributed by atoms with Gasteiger partial charge in [-0.25, -0.2) is 0 Å². The van der Waals surface area contributed by atoms with E-state index in [1.807, 2.05) is 13.1 Å². The molecule has 2 heterocycles. The molecule has 1 N–H and O–H groups in total. The lowest BCUT2D eigenvalue weighted by Crippen LogP contribution is -2.52. The van der Waals surface area contributed by atoms with Gasteiger partial charge in [0.1, 0.15) is 6.26 Å². The first kappa shape index (κ1) is 18.2. The van der Waals surface area contributed by atoms with Crippen LogP contribution in [0.2, 0.25) is 0 Å². The molecule has 0 unspecified atom stereocenters. The SMILES string of the molecule is CN=C(NCCCC1CCCCC1)N1CCN(Cc2ccon2)CC1. The van der Waals surface area contributed by atoms with Crippen LogP contribution in [0.1, 0.15) is 50.6 Å². The van der Waals surface area contributed by atoms with E-state index in [1.54, 1.807) is 6.26 Å². The lowest BCUT2D eigenvalue weighted by molar-refractivity contribution is 0.169. The third-order valence-corrected chi connectivity index (χ3v) is 5.56. The summed E-state index contributed by atoms with van der Waals surface area (Å²) in [5.74, 6) is 2.03. The molecule has 3 rings (SSSR count). The number of hydrogen-bond donors (Lipinski definition) is 1. The number of hydrogen-bond acceptors (Lipinski definition) is 4. The Kier molecular flexibility index (Phi) is 7.15. The quantitative estimate of drug-likeness (QED) is 0.487. The molecule has 1 aromatic rings. The van der Waals surface area contributed by atoms with E-state index < -0.39 is 0 Å². The molecule has 1 saturated carbocycles. The molecule has 0 aromatic carbocycles. The number of aliphatic imine (C=N–C) groups is 1. The van der Waals surface area contributed by atoms with Crippen molar-refractivity contribution in [2.75, 3.05) is 39.8 Å². The van der Waals surface area contributed by atoms with E-state index in [-0.39, 0.29) is 0 Å². The van der Waals surface area contributed by atoms with Crippen molar-refractivity contribution in [3.8, 4) is 0 Å². The highest BCUT2D eigenvalue weighted by molar-refractivity contribution is 5.79. The van der Waals surface area contributed by atoms with Crippen LogP contribution in [0.25, 0.3) is 0 Å². The minimum Gasteiger partial charge on any atom is -0.364 e. The van der Waals surface area contributed by atoms with Crippen LogP contribution in [0.3, 0.4) is 0 Å². The van der Waals surface area contributed by atoms with Gasteiger partial charge in [0.2, 0.25) is 0 Å². The van der Waals surface area contributed by atoms with Gasteiger partial charge in [0.15, 0.2) is 5.96 Å². The van der Waals surface area contributed by atoms with Gasteiger partial charge < -0.3 is 14.7 Å². The average molecular weight is 348 g/mol. The Bertz CT molecular complexity index is 502. The summed E-state index contributed by atoms with van der Waals surface area (Å²) in [6.07, 6.45) is 11.5. The number of nitrogens with one attached hydrogen (secondary N) is 1. The summed E-state index contributed by atoms with van der Waals surface area (Å²) in [4.78, 5) is 9.28. The fraction of sp³-hybridized carbons (Fsp3) is 0.789. The van der Waals surface area contributed by atoms with Gasteiger partial charge in [-0.05, 0) is 18.8 Å². The van der Waals surface area contributed by atoms with Crippen LogP contribution in [-0.4, -0.2) is 60.7 Å². The van der Waals surface area contributed by atoms with E-state index in [4.69, 9.17) is 4.52 Å². The summed E-state index contributed by atoms with van der Waals surface area (Å²) in [7, 11) is 1.89. The Morgan fingerprint density at radius 3 is 2.72 bits per heavy atom. The number of aromatic nitrogens is 1. The monoisotopic (exact) mass is 347 g/mol. The van der Waals surface area contributed by atoms with Crippen LogP contribution in [0.5, 0.6) is 0 Å². The summed E-state index contributed by atoms with van der Waals surface area (Å²) in [5, 5.41) is 7.57. The predicted molar refractivity (Wildman–Crippen MR) is 101 cm³/mol. The number of nitrogens with zero attached hydrogens (tertiary/aromatic N) is 4. The maximum atomic E-state index is 4.92. The molecule has 2 aliphatic rings. The van der Waals surface area contributed by atoms with Gasteiger partial charge in [0.05, 0.1) is 5.69 Å².